The minimum Gasteiger partial charge on any atom is -0.496 e. The van der Waals surface area contributed by atoms with E-state index in [-0.39, 0.29) is 0 Å². The molecule has 0 saturated heterocycles. The Morgan fingerprint density at radius 2 is 2.19 bits per heavy atom. The highest BCUT2D eigenvalue weighted by Crippen LogP contribution is 2.30. The normalized spacial score (nSPS) is 10.9. The summed E-state index contributed by atoms with van der Waals surface area (Å²) >= 11 is 0. The molecule has 0 spiro atoms. The second-order valence-electron chi connectivity index (χ2n) is 3.61. The van der Waals surface area contributed by atoms with Crippen LogP contribution in [0.1, 0.15) is 12.5 Å². The number of nitrogens with zero attached hydrogens (tertiary/aromatic N) is 1. The van der Waals surface area contributed by atoms with E-state index in [0.29, 0.717) is 6.61 Å². The molecule has 86 valence electrons. The second kappa shape index (κ2) is 4.55. The number of aryl methyl sites for hydroxylation is 1. The average Bonchev–Trinajstić information content (AvgIpc) is 2.68. The Morgan fingerprint density at radius 3 is 2.81 bits per heavy atom. The van der Waals surface area contributed by atoms with Crippen LogP contribution in [0.5, 0.6) is 5.75 Å². The van der Waals surface area contributed by atoms with Gasteiger partial charge in [0.1, 0.15) is 5.75 Å². The molecule has 4 nitrogen and oxygen atoms in total. The zero-order chi connectivity index (χ0) is 11.5. The highest BCUT2D eigenvalue weighted by atomic mass is 16.6. The van der Waals surface area contributed by atoms with Crippen molar-refractivity contribution in [2.75, 3.05) is 7.11 Å². The molecule has 0 aliphatic carbocycles. The Hall–Kier alpha value is -1.52. The molecule has 0 amide bonds. The summed E-state index contributed by atoms with van der Waals surface area (Å²) in [6.07, 6.45) is 2.06. The van der Waals surface area contributed by atoms with Crippen molar-refractivity contribution >= 4 is 10.9 Å². The van der Waals surface area contributed by atoms with Crippen molar-refractivity contribution in [1.82, 2.24) is 4.57 Å². The van der Waals surface area contributed by atoms with Crippen molar-refractivity contribution in [3.63, 3.8) is 0 Å². The summed E-state index contributed by atoms with van der Waals surface area (Å²) in [7, 11) is 1.67. The lowest BCUT2D eigenvalue weighted by Gasteiger charge is -2.04. The number of methoxy groups -OCH3 is 1. The van der Waals surface area contributed by atoms with Gasteiger partial charge >= 0.3 is 0 Å². The van der Waals surface area contributed by atoms with E-state index in [0.717, 1.165) is 28.8 Å². The van der Waals surface area contributed by atoms with Crippen LogP contribution >= 0.6 is 0 Å². The summed E-state index contributed by atoms with van der Waals surface area (Å²) in [5.74, 6) is 6.00. The molecule has 1 aromatic carbocycles. The first kappa shape index (κ1) is 11.0. The average molecular weight is 220 g/mol. The zero-order valence-corrected chi connectivity index (χ0v) is 9.56. The summed E-state index contributed by atoms with van der Waals surface area (Å²) in [5.41, 5.74) is 2.20. The number of fused-ring (bicyclic) bond motifs is 1. The number of hydrogen-bond donors (Lipinski definition) is 1. The van der Waals surface area contributed by atoms with E-state index in [1.54, 1.807) is 7.11 Å². The maximum Gasteiger partial charge on any atom is 0.128 e. The lowest BCUT2D eigenvalue weighted by molar-refractivity contribution is 0.125. The van der Waals surface area contributed by atoms with Crippen LogP contribution in [-0.4, -0.2) is 11.7 Å². The van der Waals surface area contributed by atoms with Crippen LogP contribution in [0.2, 0.25) is 0 Å². The van der Waals surface area contributed by atoms with E-state index in [9.17, 15) is 0 Å². The van der Waals surface area contributed by atoms with Gasteiger partial charge in [-0.15, -0.1) is 0 Å². The molecule has 0 saturated carbocycles. The van der Waals surface area contributed by atoms with Crippen molar-refractivity contribution in [3.05, 3.63) is 30.0 Å². The van der Waals surface area contributed by atoms with Crippen LogP contribution in [0, 0.1) is 0 Å². The highest BCUT2D eigenvalue weighted by molar-refractivity contribution is 5.90. The van der Waals surface area contributed by atoms with Crippen molar-refractivity contribution in [3.8, 4) is 5.75 Å². The van der Waals surface area contributed by atoms with Gasteiger partial charge in [-0.1, -0.05) is 6.07 Å². The van der Waals surface area contributed by atoms with E-state index in [1.807, 2.05) is 12.1 Å². The van der Waals surface area contributed by atoms with Crippen LogP contribution in [0.4, 0.5) is 0 Å². The number of aromatic nitrogens is 1. The Bertz CT molecular complexity index is 491. The van der Waals surface area contributed by atoms with Crippen molar-refractivity contribution in [2.45, 2.75) is 20.1 Å². The Balaban J connectivity index is 2.69. The molecule has 0 radical (unpaired) electrons. The fraction of sp³-hybridized carbons (Fsp3) is 0.333. The lowest BCUT2D eigenvalue weighted by atomic mass is 10.1. The number of nitrogens with two attached hydrogens (primary N) is 1. The summed E-state index contributed by atoms with van der Waals surface area (Å²) in [6, 6.07) is 6.00. The number of benzene rings is 1. The SMILES string of the molecule is CCn1cc(CON)c2c(OC)cccc21. The van der Waals surface area contributed by atoms with Gasteiger partial charge in [0.05, 0.1) is 19.2 Å². The molecule has 0 fully saturated rings. The van der Waals surface area contributed by atoms with Gasteiger partial charge in [0.2, 0.25) is 0 Å². The predicted molar refractivity (Wildman–Crippen MR) is 63.1 cm³/mol. The third kappa shape index (κ3) is 1.66. The molecule has 1 aromatic heterocycles. The van der Waals surface area contributed by atoms with E-state index in [1.165, 1.54) is 0 Å². The Morgan fingerprint density at radius 1 is 1.38 bits per heavy atom. The van der Waals surface area contributed by atoms with Crippen LogP contribution in [-0.2, 0) is 18.0 Å². The monoisotopic (exact) mass is 220 g/mol. The maximum absolute atomic E-state index is 5.36. The summed E-state index contributed by atoms with van der Waals surface area (Å²) in [4.78, 5) is 4.72. The number of ether oxygens (including phenoxy) is 1. The van der Waals surface area contributed by atoms with Gasteiger partial charge in [-0.25, -0.2) is 5.90 Å². The molecule has 0 atom stereocenters. The molecule has 0 bridgehead atoms. The quantitative estimate of drug-likeness (QED) is 0.802. The van der Waals surface area contributed by atoms with Crippen LogP contribution in [0.15, 0.2) is 24.4 Å². The third-order valence-electron chi connectivity index (χ3n) is 2.75. The highest BCUT2D eigenvalue weighted by Gasteiger charge is 2.11. The van der Waals surface area contributed by atoms with Gasteiger partial charge in [-0.05, 0) is 19.1 Å². The van der Waals surface area contributed by atoms with Crippen LogP contribution in [0.3, 0.4) is 0 Å². The fourth-order valence-corrected chi connectivity index (χ4v) is 2.03. The molecular formula is C12H16N2O2. The second-order valence-corrected chi connectivity index (χ2v) is 3.61. The molecule has 0 unspecified atom stereocenters. The molecule has 16 heavy (non-hydrogen) atoms. The van der Waals surface area contributed by atoms with Gasteiger partial charge in [0.25, 0.3) is 0 Å². The van der Waals surface area contributed by atoms with Gasteiger partial charge in [0.15, 0.2) is 0 Å². The van der Waals surface area contributed by atoms with E-state index >= 15 is 0 Å². The first-order chi connectivity index (χ1) is 7.81. The largest absolute Gasteiger partial charge is 0.496 e. The molecular weight excluding hydrogens is 204 g/mol. The molecule has 2 rings (SSSR count). The summed E-state index contributed by atoms with van der Waals surface area (Å²) in [6.45, 7) is 3.41. The van der Waals surface area contributed by atoms with Gasteiger partial charge in [-0.3, -0.25) is 4.84 Å². The Labute approximate surface area is 94.5 Å². The van der Waals surface area contributed by atoms with Crippen LogP contribution in [0.25, 0.3) is 10.9 Å². The van der Waals surface area contributed by atoms with Gasteiger partial charge < -0.3 is 9.30 Å². The van der Waals surface area contributed by atoms with E-state index in [2.05, 4.69) is 23.8 Å². The van der Waals surface area contributed by atoms with Crippen molar-refractivity contribution < 1.29 is 9.57 Å². The topological polar surface area (TPSA) is 49.4 Å². The lowest BCUT2D eigenvalue weighted by Crippen LogP contribution is -1.98. The summed E-state index contributed by atoms with van der Waals surface area (Å²) < 4.78 is 7.52. The van der Waals surface area contributed by atoms with E-state index in [4.69, 9.17) is 15.5 Å². The molecule has 1 heterocycles. The van der Waals surface area contributed by atoms with Crippen molar-refractivity contribution in [2.24, 2.45) is 5.90 Å². The van der Waals surface area contributed by atoms with Crippen molar-refractivity contribution in [1.29, 1.82) is 0 Å². The number of rotatable bonds is 4. The van der Waals surface area contributed by atoms with Crippen LogP contribution < -0.4 is 10.6 Å². The molecule has 0 aliphatic heterocycles. The maximum atomic E-state index is 5.36. The third-order valence-corrected chi connectivity index (χ3v) is 2.75. The minimum absolute atomic E-state index is 0.393. The standard InChI is InChI=1S/C12H16N2O2/c1-3-14-7-9(8-16-13)12-10(14)5-4-6-11(12)15-2/h4-7H,3,8,13H2,1-2H3. The zero-order valence-electron chi connectivity index (χ0n) is 9.56. The molecule has 0 aliphatic rings. The molecule has 2 N–H and O–H groups in total. The first-order valence-corrected chi connectivity index (χ1v) is 5.28. The van der Waals surface area contributed by atoms with Gasteiger partial charge in [-0.2, -0.15) is 0 Å². The summed E-state index contributed by atoms with van der Waals surface area (Å²) in [5, 5.41) is 1.08. The first-order valence-electron chi connectivity index (χ1n) is 5.28. The Kier molecular flexibility index (Phi) is 3.12. The number of hydrogen-bond acceptors (Lipinski definition) is 3. The molecule has 2 aromatic rings. The predicted octanol–water partition coefficient (Wildman–Crippen LogP) is 2.06. The minimum atomic E-state index is 0.393. The molecule has 4 heteroatoms. The van der Waals surface area contributed by atoms with Gasteiger partial charge in [0, 0.05) is 23.7 Å². The smallest absolute Gasteiger partial charge is 0.128 e. The van der Waals surface area contributed by atoms with E-state index < -0.39 is 0 Å². The fourth-order valence-electron chi connectivity index (χ4n) is 2.03.